The van der Waals surface area contributed by atoms with Crippen LogP contribution in [0, 0.1) is 11.3 Å². The van der Waals surface area contributed by atoms with Gasteiger partial charge in [-0.15, -0.1) is 5.10 Å². The van der Waals surface area contributed by atoms with Gasteiger partial charge in [0, 0.05) is 31.7 Å². The number of hydrogen-bond donors (Lipinski definition) is 0. The lowest BCUT2D eigenvalue weighted by Crippen LogP contribution is -2.49. The molecule has 0 saturated carbocycles. The molecule has 1 aliphatic carbocycles. The van der Waals surface area contributed by atoms with E-state index in [1.54, 1.807) is 24.3 Å². The van der Waals surface area contributed by atoms with Gasteiger partial charge in [-0.1, -0.05) is 0 Å². The summed E-state index contributed by atoms with van der Waals surface area (Å²) in [7, 11) is 0. The highest BCUT2D eigenvalue weighted by atomic mass is 16.2. The van der Waals surface area contributed by atoms with Gasteiger partial charge in [-0.05, 0) is 55.2 Å². The van der Waals surface area contributed by atoms with E-state index in [2.05, 4.69) is 27.2 Å². The second-order valence-corrected chi connectivity index (χ2v) is 6.50. The molecular weight excluding hydrogens is 314 g/mol. The molecule has 126 valence electrons. The van der Waals surface area contributed by atoms with E-state index in [0.29, 0.717) is 24.2 Å². The molecular formula is C19H19N5O. The number of anilines is 1. The van der Waals surface area contributed by atoms with Gasteiger partial charge in [-0.2, -0.15) is 10.4 Å². The molecule has 1 aromatic heterocycles. The number of aromatic nitrogens is 2. The molecule has 0 N–H and O–H groups in total. The fraction of sp³-hybridized carbons (Fsp3) is 0.368. The zero-order chi connectivity index (χ0) is 17.2. The normalized spacial score (nSPS) is 16.4. The summed E-state index contributed by atoms with van der Waals surface area (Å²) in [6.45, 7) is 2.85. The number of piperazine rings is 1. The van der Waals surface area contributed by atoms with E-state index in [-0.39, 0.29) is 5.91 Å². The lowest BCUT2D eigenvalue weighted by molar-refractivity contribution is 0.0746. The molecule has 0 spiro atoms. The average molecular weight is 333 g/mol. The number of nitrogens with zero attached hydrogens (tertiary/aromatic N) is 5. The number of fused-ring (bicyclic) bond motifs is 1. The van der Waals surface area contributed by atoms with E-state index in [1.807, 2.05) is 4.90 Å². The topological polar surface area (TPSA) is 73.1 Å². The van der Waals surface area contributed by atoms with Crippen LogP contribution in [0.5, 0.6) is 0 Å². The third kappa shape index (κ3) is 3.05. The summed E-state index contributed by atoms with van der Waals surface area (Å²) in [5.74, 6) is 0.940. The molecule has 0 atom stereocenters. The number of carbonyl (C=O) groups is 1. The summed E-state index contributed by atoms with van der Waals surface area (Å²) < 4.78 is 0. The van der Waals surface area contributed by atoms with Crippen LogP contribution in [0.1, 0.15) is 33.6 Å². The van der Waals surface area contributed by atoms with Crippen LogP contribution in [0.25, 0.3) is 0 Å². The molecule has 4 rings (SSSR count). The number of aryl methyl sites for hydroxylation is 2. The molecule has 0 radical (unpaired) electrons. The third-order valence-corrected chi connectivity index (χ3v) is 4.96. The van der Waals surface area contributed by atoms with E-state index < -0.39 is 0 Å². The SMILES string of the molecule is N#Cc1ccc(C(=O)N2CCN(c3cc4c(nn3)CCC4)CC2)cc1. The van der Waals surface area contributed by atoms with Crippen molar-refractivity contribution in [2.24, 2.45) is 0 Å². The van der Waals surface area contributed by atoms with Crippen molar-refractivity contribution in [1.82, 2.24) is 15.1 Å². The Morgan fingerprint density at radius 3 is 2.52 bits per heavy atom. The molecule has 1 aromatic carbocycles. The second kappa shape index (κ2) is 6.52. The molecule has 0 bridgehead atoms. The first-order valence-corrected chi connectivity index (χ1v) is 8.64. The Morgan fingerprint density at radius 1 is 1.04 bits per heavy atom. The number of benzene rings is 1. The zero-order valence-corrected chi connectivity index (χ0v) is 14.0. The second-order valence-electron chi connectivity index (χ2n) is 6.50. The molecule has 6 heteroatoms. The smallest absolute Gasteiger partial charge is 0.253 e. The summed E-state index contributed by atoms with van der Waals surface area (Å²) in [4.78, 5) is 16.7. The predicted octanol–water partition coefficient (Wildman–Crippen LogP) is 1.80. The Labute approximate surface area is 146 Å². The Bertz CT molecular complexity index is 832. The molecule has 2 aliphatic rings. The van der Waals surface area contributed by atoms with Gasteiger partial charge in [0.2, 0.25) is 0 Å². The standard InChI is InChI=1S/C19H19N5O/c20-13-14-4-6-15(7-5-14)19(25)24-10-8-23(9-11-24)18-12-16-2-1-3-17(16)21-22-18/h4-7,12H,1-3,8-11H2. The van der Waals surface area contributed by atoms with Gasteiger partial charge < -0.3 is 9.80 Å². The van der Waals surface area contributed by atoms with Crippen molar-refractivity contribution >= 4 is 11.7 Å². The number of amides is 1. The van der Waals surface area contributed by atoms with E-state index in [0.717, 1.165) is 37.4 Å². The van der Waals surface area contributed by atoms with Crippen molar-refractivity contribution in [2.75, 3.05) is 31.1 Å². The van der Waals surface area contributed by atoms with Gasteiger partial charge in [0.05, 0.1) is 17.3 Å². The Morgan fingerprint density at radius 2 is 1.80 bits per heavy atom. The van der Waals surface area contributed by atoms with E-state index in [9.17, 15) is 4.79 Å². The van der Waals surface area contributed by atoms with Gasteiger partial charge in [0.15, 0.2) is 5.82 Å². The first kappa shape index (κ1) is 15.6. The summed E-state index contributed by atoms with van der Waals surface area (Å²) in [5.41, 5.74) is 3.65. The summed E-state index contributed by atoms with van der Waals surface area (Å²) >= 11 is 0. The monoisotopic (exact) mass is 333 g/mol. The average Bonchev–Trinajstić information content (AvgIpc) is 3.15. The summed E-state index contributed by atoms with van der Waals surface area (Å²) in [6.07, 6.45) is 3.30. The minimum absolute atomic E-state index is 0.0178. The van der Waals surface area contributed by atoms with Crippen LogP contribution in [0.4, 0.5) is 5.82 Å². The van der Waals surface area contributed by atoms with E-state index in [4.69, 9.17) is 5.26 Å². The van der Waals surface area contributed by atoms with Crippen LogP contribution in [0.2, 0.25) is 0 Å². The molecule has 6 nitrogen and oxygen atoms in total. The minimum atomic E-state index is 0.0178. The summed E-state index contributed by atoms with van der Waals surface area (Å²) in [6, 6.07) is 11.0. The van der Waals surface area contributed by atoms with Gasteiger partial charge in [0.25, 0.3) is 5.91 Å². The van der Waals surface area contributed by atoms with E-state index in [1.165, 1.54) is 12.0 Å². The van der Waals surface area contributed by atoms with E-state index >= 15 is 0 Å². The van der Waals surface area contributed by atoms with Gasteiger partial charge in [-0.3, -0.25) is 4.79 Å². The third-order valence-electron chi connectivity index (χ3n) is 4.96. The fourth-order valence-electron chi connectivity index (χ4n) is 3.48. The first-order chi connectivity index (χ1) is 12.2. The lowest BCUT2D eigenvalue weighted by atomic mass is 10.1. The van der Waals surface area contributed by atoms with Crippen LogP contribution in [-0.2, 0) is 12.8 Å². The van der Waals surface area contributed by atoms with Crippen LogP contribution in [0.15, 0.2) is 30.3 Å². The van der Waals surface area contributed by atoms with Crippen LogP contribution < -0.4 is 4.90 Å². The Hall–Kier alpha value is -2.94. The molecule has 2 heterocycles. The molecule has 1 saturated heterocycles. The number of carbonyl (C=O) groups excluding carboxylic acids is 1. The lowest BCUT2D eigenvalue weighted by Gasteiger charge is -2.35. The van der Waals surface area contributed by atoms with Gasteiger partial charge >= 0.3 is 0 Å². The highest BCUT2D eigenvalue weighted by Gasteiger charge is 2.24. The van der Waals surface area contributed by atoms with Crippen molar-refractivity contribution in [3.05, 3.63) is 52.7 Å². The van der Waals surface area contributed by atoms with Crippen molar-refractivity contribution in [1.29, 1.82) is 5.26 Å². The maximum Gasteiger partial charge on any atom is 0.253 e. The molecule has 2 aromatic rings. The molecule has 25 heavy (non-hydrogen) atoms. The number of nitriles is 1. The Balaban J connectivity index is 1.41. The van der Waals surface area contributed by atoms with Crippen molar-refractivity contribution in [3.8, 4) is 6.07 Å². The van der Waals surface area contributed by atoms with Crippen molar-refractivity contribution in [2.45, 2.75) is 19.3 Å². The predicted molar refractivity (Wildman–Crippen MR) is 93.3 cm³/mol. The van der Waals surface area contributed by atoms with Crippen LogP contribution in [-0.4, -0.2) is 47.2 Å². The van der Waals surface area contributed by atoms with Gasteiger partial charge in [0.1, 0.15) is 0 Å². The maximum atomic E-state index is 12.6. The molecule has 1 amide bonds. The highest BCUT2D eigenvalue weighted by molar-refractivity contribution is 5.94. The van der Waals surface area contributed by atoms with Crippen LogP contribution in [0.3, 0.4) is 0 Å². The zero-order valence-electron chi connectivity index (χ0n) is 14.0. The highest BCUT2D eigenvalue weighted by Crippen LogP contribution is 2.23. The maximum absolute atomic E-state index is 12.6. The van der Waals surface area contributed by atoms with Crippen molar-refractivity contribution in [3.63, 3.8) is 0 Å². The number of hydrogen-bond acceptors (Lipinski definition) is 5. The number of rotatable bonds is 2. The molecule has 1 aliphatic heterocycles. The summed E-state index contributed by atoms with van der Waals surface area (Å²) in [5, 5.41) is 17.6. The fourth-order valence-corrected chi connectivity index (χ4v) is 3.48. The van der Waals surface area contributed by atoms with Crippen LogP contribution >= 0.6 is 0 Å². The van der Waals surface area contributed by atoms with Crippen molar-refractivity contribution < 1.29 is 4.79 Å². The molecule has 1 fully saturated rings. The largest absolute Gasteiger partial charge is 0.352 e. The quantitative estimate of drug-likeness (QED) is 0.838. The molecule has 0 unspecified atom stereocenters. The van der Waals surface area contributed by atoms with Gasteiger partial charge in [-0.25, -0.2) is 0 Å². The minimum Gasteiger partial charge on any atom is -0.352 e. The Kier molecular flexibility index (Phi) is 4.06. The first-order valence-electron chi connectivity index (χ1n) is 8.64.